The van der Waals surface area contributed by atoms with Crippen LogP contribution in [0.15, 0.2) is 36.4 Å². The Hall–Kier alpha value is -3.02. The minimum Gasteiger partial charge on any atom is -0.340 e. The van der Waals surface area contributed by atoms with Gasteiger partial charge in [-0.25, -0.2) is 4.39 Å². The van der Waals surface area contributed by atoms with Crippen molar-refractivity contribution in [1.82, 2.24) is 19.7 Å². The maximum atomic E-state index is 13.3. The Morgan fingerprint density at radius 2 is 1.84 bits per heavy atom. The van der Waals surface area contributed by atoms with Crippen LogP contribution >= 0.6 is 0 Å². The summed E-state index contributed by atoms with van der Waals surface area (Å²) >= 11 is 0. The molecule has 162 valence electrons. The molecule has 1 aromatic carbocycles. The Kier molecular flexibility index (Phi) is 5.90. The van der Waals surface area contributed by atoms with Gasteiger partial charge in [0.05, 0.1) is 5.69 Å². The summed E-state index contributed by atoms with van der Waals surface area (Å²) in [5.74, 6) is 0.0506. The molecule has 31 heavy (non-hydrogen) atoms. The zero-order valence-corrected chi connectivity index (χ0v) is 18.7. The van der Waals surface area contributed by atoms with Crippen molar-refractivity contribution in [2.45, 2.75) is 53.0 Å². The largest absolute Gasteiger partial charge is 0.340 e. The molecule has 2 aromatic heterocycles. The van der Waals surface area contributed by atoms with Crippen LogP contribution in [0.4, 0.5) is 4.39 Å². The topological polar surface area (TPSA) is 51.0 Å². The molecular weight excluding hydrogens is 391 g/mol. The van der Waals surface area contributed by atoms with Crippen LogP contribution in [-0.2, 0) is 11.3 Å². The van der Waals surface area contributed by atoms with Gasteiger partial charge in [0, 0.05) is 36.1 Å². The highest BCUT2D eigenvalue weighted by atomic mass is 19.1. The summed E-state index contributed by atoms with van der Waals surface area (Å²) in [6.07, 6.45) is 1.95. The molecule has 0 bridgehead atoms. The van der Waals surface area contributed by atoms with E-state index in [-0.39, 0.29) is 24.2 Å². The zero-order valence-electron chi connectivity index (χ0n) is 18.7. The molecule has 0 N–H and O–H groups in total. The highest BCUT2D eigenvalue weighted by molar-refractivity contribution is 5.76. The fourth-order valence-corrected chi connectivity index (χ4v) is 4.33. The quantitative estimate of drug-likeness (QED) is 0.613. The molecule has 1 atom stereocenters. The molecule has 0 saturated carbocycles. The number of carbonyl (C=O) groups is 1. The average Bonchev–Trinajstić information content (AvgIpc) is 3.00. The third-order valence-corrected chi connectivity index (χ3v) is 6.37. The number of nitrogens with zero attached hydrogens (tertiary/aromatic N) is 4. The molecule has 0 radical (unpaired) electrons. The Bertz CT molecular complexity index is 1100. The highest BCUT2D eigenvalue weighted by Crippen LogP contribution is 2.30. The van der Waals surface area contributed by atoms with E-state index < -0.39 is 0 Å². The fourth-order valence-electron chi connectivity index (χ4n) is 4.33. The number of rotatable bonds is 4. The molecule has 1 fully saturated rings. The number of benzene rings is 1. The molecule has 0 aliphatic carbocycles. The van der Waals surface area contributed by atoms with Crippen molar-refractivity contribution >= 4 is 5.91 Å². The fraction of sp³-hybridized carbons (Fsp3) is 0.400. The minimum absolute atomic E-state index is 0.0988. The van der Waals surface area contributed by atoms with Crippen molar-refractivity contribution in [3.8, 4) is 11.1 Å². The lowest BCUT2D eigenvalue weighted by atomic mass is 9.92. The van der Waals surface area contributed by atoms with Crippen molar-refractivity contribution < 1.29 is 9.18 Å². The van der Waals surface area contributed by atoms with Crippen LogP contribution in [-0.4, -0.2) is 38.7 Å². The van der Waals surface area contributed by atoms with Gasteiger partial charge in [-0.2, -0.15) is 5.10 Å². The van der Waals surface area contributed by atoms with Crippen molar-refractivity contribution in [2.75, 3.05) is 13.1 Å². The summed E-state index contributed by atoms with van der Waals surface area (Å²) in [6, 6.07) is 10.7. The molecule has 3 aromatic rings. The molecule has 1 aliphatic heterocycles. The van der Waals surface area contributed by atoms with Gasteiger partial charge < -0.3 is 4.90 Å². The minimum atomic E-state index is -0.242. The zero-order chi connectivity index (χ0) is 22.1. The molecule has 3 heterocycles. The molecule has 1 saturated heterocycles. The SMILES string of the molecule is Cc1cc(-c2ccc(F)cc2)cc([C@@H]2CCCN(C(=O)Cn3nc(C)c(C)c3C)C2)n1. The summed E-state index contributed by atoms with van der Waals surface area (Å²) in [7, 11) is 0. The van der Waals surface area contributed by atoms with Crippen LogP contribution in [0.25, 0.3) is 11.1 Å². The van der Waals surface area contributed by atoms with E-state index in [9.17, 15) is 9.18 Å². The van der Waals surface area contributed by atoms with Crippen molar-refractivity contribution in [1.29, 1.82) is 0 Å². The van der Waals surface area contributed by atoms with Crippen LogP contribution in [0.5, 0.6) is 0 Å². The normalized spacial score (nSPS) is 16.5. The van der Waals surface area contributed by atoms with Crippen LogP contribution in [0, 0.1) is 33.5 Å². The maximum Gasteiger partial charge on any atom is 0.244 e. The van der Waals surface area contributed by atoms with Crippen molar-refractivity contribution in [2.24, 2.45) is 0 Å². The standard InChI is InChI=1S/C25H29FN4O/c1-16-12-22(20-7-9-23(26)10-8-20)13-24(27-16)21-6-5-11-29(14-21)25(31)15-30-19(4)17(2)18(3)28-30/h7-10,12-13,21H,5-6,11,14-15H2,1-4H3/t21-/m1/s1. The average molecular weight is 421 g/mol. The first-order chi connectivity index (χ1) is 14.8. The van der Waals surface area contributed by atoms with Gasteiger partial charge in [-0.15, -0.1) is 0 Å². The molecule has 6 heteroatoms. The van der Waals surface area contributed by atoms with Crippen LogP contribution in [0.3, 0.4) is 0 Å². The Morgan fingerprint density at radius 3 is 2.52 bits per heavy atom. The van der Waals surface area contributed by atoms with Gasteiger partial charge in [0.25, 0.3) is 0 Å². The number of piperidine rings is 1. The summed E-state index contributed by atoms with van der Waals surface area (Å²) in [4.78, 5) is 19.7. The van der Waals surface area contributed by atoms with Gasteiger partial charge in [-0.05, 0) is 81.5 Å². The number of aryl methyl sites for hydroxylation is 2. The first kappa shape index (κ1) is 21.2. The number of amides is 1. The second-order valence-electron chi connectivity index (χ2n) is 8.56. The number of hydrogen-bond donors (Lipinski definition) is 0. The van der Waals surface area contributed by atoms with Gasteiger partial charge in [-0.1, -0.05) is 12.1 Å². The first-order valence-electron chi connectivity index (χ1n) is 10.8. The van der Waals surface area contributed by atoms with Crippen LogP contribution in [0.2, 0.25) is 0 Å². The first-order valence-corrected chi connectivity index (χ1v) is 10.8. The number of likely N-dealkylation sites (tertiary alicyclic amines) is 1. The van der Waals surface area contributed by atoms with Gasteiger partial charge in [0.1, 0.15) is 12.4 Å². The van der Waals surface area contributed by atoms with E-state index in [1.165, 1.54) is 12.1 Å². The number of pyridine rings is 1. The van der Waals surface area contributed by atoms with E-state index in [1.54, 1.807) is 12.1 Å². The van der Waals surface area contributed by atoms with E-state index >= 15 is 0 Å². The molecule has 1 aliphatic rings. The van der Waals surface area contributed by atoms with E-state index in [1.807, 2.05) is 43.3 Å². The number of halogens is 1. The number of carbonyl (C=O) groups excluding carboxylic acids is 1. The number of hydrogen-bond acceptors (Lipinski definition) is 3. The van der Waals surface area contributed by atoms with Crippen LogP contribution < -0.4 is 0 Å². The smallest absolute Gasteiger partial charge is 0.244 e. The number of aromatic nitrogens is 3. The highest BCUT2D eigenvalue weighted by Gasteiger charge is 2.27. The molecule has 1 amide bonds. The second kappa shape index (κ2) is 8.61. The van der Waals surface area contributed by atoms with Crippen LogP contribution in [0.1, 0.15) is 47.1 Å². The summed E-state index contributed by atoms with van der Waals surface area (Å²) in [6.45, 7) is 9.71. The lowest BCUT2D eigenvalue weighted by molar-refractivity contribution is -0.133. The molecule has 4 rings (SSSR count). The van der Waals surface area contributed by atoms with Gasteiger partial charge in [0.2, 0.25) is 5.91 Å². The van der Waals surface area contributed by atoms with E-state index in [2.05, 4.69) is 11.2 Å². The molecule has 0 unspecified atom stereocenters. The third kappa shape index (κ3) is 4.53. The molecule has 5 nitrogen and oxygen atoms in total. The predicted octanol–water partition coefficient (Wildman–Crippen LogP) is 4.72. The van der Waals surface area contributed by atoms with Crippen molar-refractivity contribution in [3.63, 3.8) is 0 Å². The Balaban J connectivity index is 1.52. The van der Waals surface area contributed by atoms with E-state index in [4.69, 9.17) is 4.98 Å². The van der Waals surface area contributed by atoms with E-state index in [0.717, 1.165) is 58.9 Å². The second-order valence-corrected chi connectivity index (χ2v) is 8.56. The van der Waals surface area contributed by atoms with Crippen molar-refractivity contribution in [3.05, 3.63) is 70.6 Å². The molecular formula is C25H29FN4O. The summed E-state index contributed by atoms with van der Waals surface area (Å²) in [5.41, 5.74) is 7.09. The lowest BCUT2D eigenvalue weighted by Crippen LogP contribution is -2.41. The van der Waals surface area contributed by atoms with Gasteiger partial charge >= 0.3 is 0 Å². The predicted molar refractivity (Wildman–Crippen MR) is 119 cm³/mol. The van der Waals surface area contributed by atoms with Gasteiger partial charge in [-0.3, -0.25) is 14.5 Å². The third-order valence-electron chi connectivity index (χ3n) is 6.37. The Labute approximate surface area is 182 Å². The summed E-state index contributed by atoms with van der Waals surface area (Å²) in [5, 5.41) is 4.51. The van der Waals surface area contributed by atoms with Gasteiger partial charge in [0.15, 0.2) is 0 Å². The molecule has 0 spiro atoms. The maximum absolute atomic E-state index is 13.3. The monoisotopic (exact) mass is 420 g/mol. The Morgan fingerprint density at radius 1 is 1.10 bits per heavy atom. The summed E-state index contributed by atoms with van der Waals surface area (Å²) < 4.78 is 15.1. The van der Waals surface area contributed by atoms with E-state index in [0.29, 0.717) is 6.54 Å². The lowest BCUT2D eigenvalue weighted by Gasteiger charge is -2.33.